The molecule has 17 heavy (non-hydrogen) atoms. The summed E-state index contributed by atoms with van der Waals surface area (Å²) < 4.78 is 25.0. The summed E-state index contributed by atoms with van der Waals surface area (Å²) >= 11 is 0. The van der Waals surface area contributed by atoms with Crippen molar-refractivity contribution < 1.29 is 8.42 Å². The van der Waals surface area contributed by atoms with Crippen molar-refractivity contribution in [2.75, 3.05) is 12.3 Å². The molecule has 0 saturated carbocycles. The number of sulfone groups is 1. The number of aromatic nitrogens is 3. The van der Waals surface area contributed by atoms with E-state index in [-0.39, 0.29) is 5.25 Å². The third kappa shape index (κ3) is 2.84. The molecule has 1 aliphatic heterocycles. The van der Waals surface area contributed by atoms with Crippen molar-refractivity contribution in [1.82, 2.24) is 20.1 Å². The monoisotopic (exact) mass is 258 g/mol. The number of rotatable bonds is 5. The lowest BCUT2D eigenvalue weighted by molar-refractivity contribution is 0.549. The van der Waals surface area contributed by atoms with Gasteiger partial charge in [-0.05, 0) is 19.8 Å². The van der Waals surface area contributed by atoms with Gasteiger partial charge in [-0.25, -0.2) is 18.1 Å². The summed E-state index contributed by atoms with van der Waals surface area (Å²) in [5.74, 6) is 1.19. The molecular weight excluding hydrogens is 240 g/mol. The number of nitrogens with one attached hydrogen (secondary N) is 1. The van der Waals surface area contributed by atoms with Crippen molar-refractivity contribution in [1.29, 1.82) is 0 Å². The summed E-state index contributed by atoms with van der Waals surface area (Å²) in [4.78, 5) is 4.13. The van der Waals surface area contributed by atoms with E-state index in [0.717, 1.165) is 25.2 Å². The van der Waals surface area contributed by atoms with Crippen molar-refractivity contribution >= 4 is 9.84 Å². The molecule has 2 heterocycles. The largest absolute Gasteiger partial charge is 0.309 e. The highest BCUT2D eigenvalue weighted by Gasteiger charge is 2.30. The Kier molecular flexibility index (Phi) is 3.78. The molecule has 0 amide bonds. The predicted molar refractivity (Wildman–Crippen MR) is 64.2 cm³/mol. The van der Waals surface area contributed by atoms with Gasteiger partial charge in [0.25, 0.3) is 0 Å². The average molecular weight is 258 g/mol. The lowest BCUT2D eigenvalue weighted by Gasteiger charge is -2.10. The molecule has 0 spiro atoms. The van der Waals surface area contributed by atoms with Gasteiger partial charge in [0.15, 0.2) is 9.84 Å². The lowest BCUT2D eigenvalue weighted by atomic mass is 10.2. The van der Waals surface area contributed by atoms with Crippen LogP contribution in [-0.4, -0.2) is 40.7 Å². The van der Waals surface area contributed by atoms with Crippen molar-refractivity contribution in [2.24, 2.45) is 0 Å². The zero-order valence-electron chi connectivity index (χ0n) is 9.96. The van der Waals surface area contributed by atoms with Gasteiger partial charge in [-0.2, -0.15) is 5.10 Å². The van der Waals surface area contributed by atoms with Crippen LogP contribution in [0.4, 0.5) is 0 Å². The molecule has 1 aromatic heterocycles. The molecule has 7 heteroatoms. The molecule has 0 aromatic carbocycles. The van der Waals surface area contributed by atoms with Crippen LogP contribution in [0.2, 0.25) is 0 Å². The van der Waals surface area contributed by atoms with Crippen LogP contribution in [0.1, 0.15) is 25.6 Å². The van der Waals surface area contributed by atoms with Gasteiger partial charge in [0.05, 0.1) is 17.5 Å². The molecular formula is C10H18N4O2S. The lowest BCUT2D eigenvalue weighted by Crippen LogP contribution is -2.31. The smallest absolute Gasteiger partial charge is 0.154 e. The third-order valence-corrected chi connectivity index (χ3v) is 5.39. The number of hydrogen-bond acceptors (Lipinski definition) is 5. The Balaban J connectivity index is 1.84. The first-order valence-corrected chi connectivity index (χ1v) is 7.64. The van der Waals surface area contributed by atoms with Crippen LogP contribution >= 0.6 is 0 Å². The highest BCUT2D eigenvalue weighted by molar-refractivity contribution is 7.92. The first kappa shape index (κ1) is 12.5. The maximum Gasteiger partial charge on any atom is 0.154 e. The normalized spacial score (nSPS) is 23.0. The highest BCUT2D eigenvalue weighted by atomic mass is 32.2. The minimum Gasteiger partial charge on any atom is -0.309 e. The van der Waals surface area contributed by atoms with E-state index in [2.05, 4.69) is 15.4 Å². The zero-order valence-corrected chi connectivity index (χ0v) is 10.8. The quantitative estimate of drug-likeness (QED) is 0.802. The van der Waals surface area contributed by atoms with E-state index < -0.39 is 9.84 Å². The molecule has 1 atom stereocenters. The molecule has 1 aliphatic rings. The minimum absolute atomic E-state index is 0.222. The predicted octanol–water partition coefficient (Wildman–Crippen LogP) is -0.0352. The molecule has 1 N–H and O–H groups in total. The van der Waals surface area contributed by atoms with Gasteiger partial charge in [0.1, 0.15) is 12.2 Å². The molecule has 1 saturated heterocycles. The van der Waals surface area contributed by atoms with Crippen LogP contribution in [0.5, 0.6) is 0 Å². The Morgan fingerprint density at radius 2 is 2.41 bits per heavy atom. The average Bonchev–Trinajstić information content (AvgIpc) is 2.86. The molecule has 6 nitrogen and oxygen atoms in total. The van der Waals surface area contributed by atoms with Crippen LogP contribution in [-0.2, 0) is 22.9 Å². The summed E-state index contributed by atoms with van der Waals surface area (Å²) in [5, 5.41) is 7.00. The van der Waals surface area contributed by atoms with E-state index in [4.69, 9.17) is 0 Å². The summed E-state index contributed by atoms with van der Waals surface area (Å²) in [6.07, 6.45) is 3.09. The van der Waals surface area contributed by atoms with Gasteiger partial charge in [0.2, 0.25) is 0 Å². The molecule has 2 rings (SSSR count). The fraction of sp³-hybridized carbons (Fsp3) is 0.800. The molecule has 0 radical (unpaired) electrons. The van der Waals surface area contributed by atoms with E-state index in [9.17, 15) is 8.42 Å². The first-order chi connectivity index (χ1) is 8.13. The van der Waals surface area contributed by atoms with Crippen LogP contribution in [0, 0.1) is 0 Å². The SMILES string of the molecule is CCn1ncnc1CNCC1CCCS1(=O)=O. The van der Waals surface area contributed by atoms with Crippen molar-refractivity contribution in [3.05, 3.63) is 12.2 Å². The number of aryl methyl sites for hydroxylation is 1. The van der Waals surface area contributed by atoms with Gasteiger partial charge in [-0.1, -0.05) is 0 Å². The van der Waals surface area contributed by atoms with E-state index in [1.807, 2.05) is 6.92 Å². The summed E-state index contributed by atoms with van der Waals surface area (Å²) in [7, 11) is -2.85. The van der Waals surface area contributed by atoms with E-state index in [1.165, 1.54) is 6.33 Å². The Bertz CT molecular complexity index is 468. The fourth-order valence-corrected chi connectivity index (χ4v) is 3.92. The van der Waals surface area contributed by atoms with Gasteiger partial charge in [-0.15, -0.1) is 0 Å². The molecule has 0 aliphatic carbocycles. The van der Waals surface area contributed by atoms with Crippen LogP contribution in [0.3, 0.4) is 0 Å². The van der Waals surface area contributed by atoms with Gasteiger partial charge in [-0.3, -0.25) is 0 Å². The van der Waals surface area contributed by atoms with Gasteiger partial charge in [0, 0.05) is 13.1 Å². The number of hydrogen-bond donors (Lipinski definition) is 1. The third-order valence-electron chi connectivity index (χ3n) is 3.11. The first-order valence-electron chi connectivity index (χ1n) is 5.92. The van der Waals surface area contributed by atoms with Crippen LogP contribution in [0.15, 0.2) is 6.33 Å². The van der Waals surface area contributed by atoms with Gasteiger partial charge >= 0.3 is 0 Å². The standard InChI is InChI=1S/C10H18N4O2S/c1-2-14-10(12-8-13-14)7-11-6-9-4-3-5-17(9,15)16/h8-9,11H,2-7H2,1H3. The second kappa shape index (κ2) is 5.14. The molecule has 1 fully saturated rings. The van der Waals surface area contributed by atoms with E-state index in [1.54, 1.807) is 4.68 Å². The highest BCUT2D eigenvalue weighted by Crippen LogP contribution is 2.19. The van der Waals surface area contributed by atoms with Crippen molar-refractivity contribution in [2.45, 2.75) is 38.1 Å². The zero-order chi connectivity index (χ0) is 12.3. The molecule has 1 aromatic rings. The Morgan fingerprint density at radius 3 is 3.06 bits per heavy atom. The molecule has 96 valence electrons. The topological polar surface area (TPSA) is 76.9 Å². The second-order valence-electron chi connectivity index (χ2n) is 4.25. The molecule has 0 bridgehead atoms. The van der Waals surface area contributed by atoms with Crippen molar-refractivity contribution in [3.8, 4) is 0 Å². The Hall–Kier alpha value is -0.950. The summed E-state index contributed by atoms with van der Waals surface area (Å²) in [6, 6.07) is 0. The molecule has 1 unspecified atom stereocenters. The van der Waals surface area contributed by atoms with E-state index in [0.29, 0.717) is 18.8 Å². The maximum atomic E-state index is 11.6. The van der Waals surface area contributed by atoms with Gasteiger partial charge < -0.3 is 5.32 Å². The number of nitrogens with zero attached hydrogens (tertiary/aromatic N) is 3. The van der Waals surface area contributed by atoms with Crippen LogP contribution in [0.25, 0.3) is 0 Å². The second-order valence-corrected chi connectivity index (χ2v) is 6.65. The minimum atomic E-state index is -2.85. The summed E-state index contributed by atoms with van der Waals surface area (Å²) in [5.41, 5.74) is 0. The maximum absolute atomic E-state index is 11.6. The van der Waals surface area contributed by atoms with Crippen LogP contribution < -0.4 is 5.32 Å². The Morgan fingerprint density at radius 1 is 1.59 bits per heavy atom. The summed E-state index contributed by atoms with van der Waals surface area (Å²) in [6.45, 7) is 3.86. The van der Waals surface area contributed by atoms with Crippen molar-refractivity contribution in [3.63, 3.8) is 0 Å². The Labute approximate surface area is 101 Å². The van der Waals surface area contributed by atoms with E-state index >= 15 is 0 Å². The fourth-order valence-electron chi connectivity index (χ4n) is 2.12.